The fourth-order valence-electron chi connectivity index (χ4n) is 3.85. The van der Waals surface area contributed by atoms with E-state index in [0.717, 1.165) is 16.7 Å². The zero-order valence-electron chi connectivity index (χ0n) is 19.1. The monoisotopic (exact) mass is 441 g/mol. The molecule has 3 aromatic rings. The molecule has 0 fully saturated rings. The molecule has 0 unspecified atom stereocenters. The molecule has 1 N–H and O–H groups in total. The summed E-state index contributed by atoms with van der Waals surface area (Å²) in [5.74, 6) is -0.510. The van der Waals surface area contributed by atoms with Gasteiger partial charge in [-0.25, -0.2) is 4.79 Å². The highest BCUT2D eigenvalue weighted by Crippen LogP contribution is 2.25. The molecule has 0 aliphatic rings. The highest BCUT2D eigenvalue weighted by Gasteiger charge is 2.28. The van der Waals surface area contributed by atoms with Gasteiger partial charge < -0.3 is 9.84 Å². The zero-order valence-corrected chi connectivity index (χ0v) is 19.1. The number of aliphatic carboxylic acids is 1. The average Bonchev–Trinajstić information content (AvgIpc) is 2.85. The molecule has 4 heteroatoms. The summed E-state index contributed by atoms with van der Waals surface area (Å²) in [6.45, 7) is 6.92. The summed E-state index contributed by atoms with van der Waals surface area (Å²) in [6.07, 6.45) is 2.27. The van der Waals surface area contributed by atoms with E-state index in [-0.39, 0.29) is 18.2 Å². The Hall–Kier alpha value is -3.63. The fraction of sp³-hybridized carbons (Fsp3) is 0.207. The SMILES string of the molecule is C=CCO/C(=C(\C)C(=O)O)[C@H](Cc1ccccc1)N(Cc1ccccc1)Cc1ccccc1. The Kier molecular flexibility index (Phi) is 9.04. The Labute approximate surface area is 196 Å². The van der Waals surface area contributed by atoms with Gasteiger partial charge in [-0.2, -0.15) is 0 Å². The molecule has 1 atom stereocenters. The van der Waals surface area contributed by atoms with Gasteiger partial charge in [0.2, 0.25) is 0 Å². The number of hydrogen-bond acceptors (Lipinski definition) is 3. The summed E-state index contributed by atoms with van der Waals surface area (Å²) >= 11 is 0. The van der Waals surface area contributed by atoms with Crippen molar-refractivity contribution in [1.29, 1.82) is 0 Å². The van der Waals surface area contributed by atoms with Crippen LogP contribution in [0.5, 0.6) is 0 Å². The number of nitrogens with zero attached hydrogens (tertiary/aromatic N) is 1. The molecular weight excluding hydrogens is 410 g/mol. The lowest BCUT2D eigenvalue weighted by molar-refractivity contribution is -0.133. The highest BCUT2D eigenvalue weighted by atomic mass is 16.5. The lowest BCUT2D eigenvalue weighted by atomic mass is 9.98. The Morgan fingerprint density at radius 1 is 0.879 bits per heavy atom. The molecule has 0 aromatic heterocycles. The van der Waals surface area contributed by atoms with E-state index in [1.807, 2.05) is 54.6 Å². The van der Waals surface area contributed by atoms with Gasteiger partial charge in [0.15, 0.2) is 0 Å². The maximum Gasteiger partial charge on any atom is 0.334 e. The minimum absolute atomic E-state index is 0.212. The van der Waals surface area contributed by atoms with Gasteiger partial charge in [0, 0.05) is 13.1 Å². The van der Waals surface area contributed by atoms with Crippen molar-refractivity contribution < 1.29 is 14.6 Å². The minimum atomic E-state index is -0.980. The normalized spacial score (nSPS) is 12.7. The third-order valence-corrected chi connectivity index (χ3v) is 5.52. The van der Waals surface area contributed by atoms with Crippen molar-refractivity contribution in [3.8, 4) is 0 Å². The largest absolute Gasteiger partial charge is 0.492 e. The molecule has 0 spiro atoms. The molecule has 4 nitrogen and oxygen atoms in total. The molecule has 0 aliphatic heterocycles. The van der Waals surface area contributed by atoms with Crippen LogP contribution in [0.4, 0.5) is 0 Å². The second-order valence-electron chi connectivity index (χ2n) is 7.98. The number of carboxylic acids is 1. The summed E-state index contributed by atoms with van der Waals surface area (Å²) in [7, 11) is 0. The number of hydrogen-bond donors (Lipinski definition) is 1. The Morgan fingerprint density at radius 2 is 1.33 bits per heavy atom. The van der Waals surface area contributed by atoms with Crippen LogP contribution in [0.25, 0.3) is 0 Å². The van der Waals surface area contributed by atoms with Crippen LogP contribution in [-0.4, -0.2) is 28.6 Å². The van der Waals surface area contributed by atoms with Gasteiger partial charge in [0.1, 0.15) is 12.4 Å². The van der Waals surface area contributed by atoms with Gasteiger partial charge >= 0.3 is 5.97 Å². The quantitative estimate of drug-likeness (QED) is 0.217. The summed E-state index contributed by atoms with van der Waals surface area (Å²) in [5.41, 5.74) is 3.64. The molecule has 0 saturated carbocycles. The van der Waals surface area contributed by atoms with E-state index >= 15 is 0 Å². The molecule has 0 heterocycles. The first-order chi connectivity index (χ1) is 16.1. The third-order valence-electron chi connectivity index (χ3n) is 5.52. The fourth-order valence-corrected chi connectivity index (χ4v) is 3.85. The Morgan fingerprint density at radius 3 is 1.76 bits per heavy atom. The second-order valence-corrected chi connectivity index (χ2v) is 7.98. The lowest BCUT2D eigenvalue weighted by Gasteiger charge is -2.34. The van der Waals surface area contributed by atoms with Crippen LogP contribution in [0, 0.1) is 0 Å². The highest BCUT2D eigenvalue weighted by molar-refractivity contribution is 5.86. The van der Waals surface area contributed by atoms with Gasteiger partial charge in [-0.15, -0.1) is 0 Å². The molecule has 0 saturated heterocycles. The Balaban J connectivity index is 2.08. The van der Waals surface area contributed by atoms with Gasteiger partial charge in [0.25, 0.3) is 0 Å². The molecule has 3 aromatic carbocycles. The molecule has 3 rings (SSSR count). The van der Waals surface area contributed by atoms with Crippen LogP contribution in [0.2, 0.25) is 0 Å². The summed E-state index contributed by atoms with van der Waals surface area (Å²) in [4.78, 5) is 14.3. The maximum absolute atomic E-state index is 12.0. The van der Waals surface area contributed by atoms with Crippen molar-refractivity contribution in [1.82, 2.24) is 4.90 Å². The van der Waals surface area contributed by atoms with E-state index < -0.39 is 5.97 Å². The van der Waals surface area contributed by atoms with Crippen molar-refractivity contribution in [3.63, 3.8) is 0 Å². The number of carbonyl (C=O) groups is 1. The summed E-state index contributed by atoms with van der Waals surface area (Å²) < 4.78 is 6.04. The molecule has 33 heavy (non-hydrogen) atoms. The predicted octanol–water partition coefficient (Wildman–Crippen LogP) is 5.86. The first-order valence-electron chi connectivity index (χ1n) is 11.1. The smallest absolute Gasteiger partial charge is 0.334 e. The van der Waals surface area contributed by atoms with E-state index in [4.69, 9.17) is 4.74 Å². The third kappa shape index (κ3) is 7.19. The summed E-state index contributed by atoms with van der Waals surface area (Å²) in [6, 6.07) is 30.3. The molecular formula is C29H31NO3. The van der Waals surface area contributed by atoms with Crippen LogP contribution < -0.4 is 0 Å². The molecule has 0 aliphatic carbocycles. The van der Waals surface area contributed by atoms with Gasteiger partial charge in [-0.1, -0.05) is 104 Å². The van der Waals surface area contributed by atoms with E-state index in [0.29, 0.717) is 25.3 Å². The van der Waals surface area contributed by atoms with Crippen molar-refractivity contribution in [2.24, 2.45) is 0 Å². The first kappa shape index (κ1) is 24.0. The molecule has 0 amide bonds. The van der Waals surface area contributed by atoms with Gasteiger partial charge in [-0.3, -0.25) is 4.90 Å². The van der Waals surface area contributed by atoms with Crippen LogP contribution in [0.3, 0.4) is 0 Å². The molecule has 170 valence electrons. The molecule has 0 bridgehead atoms. The predicted molar refractivity (Wildman–Crippen MR) is 133 cm³/mol. The maximum atomic E-state index is 12.0. The van der Waals surface area contributed by atoms with Gasteiger partial charge in [0.05, 0.1) is 11.6 Å². The topological polar surface area (TPSA) is 49.8 Å². The van der Waals surface area contributed by atoms with Crippen LogP contribution >= 0.6 is 0 Å². The van der Waals surface area contributed by atoms with Crippen LogP contribution in [-0.2, 0) is 29.0 Å². The Bertz CT molecular complexity index is 1000. The second kappa shape index (κ2) is 12.4. The van der Waals surface area contributed by atoms with E-state index in [1.54, 1.807) is 13.0 Å². The van der Waals surface area contributed by atoms with E-state index in [9.17, 15) is 9.90 Å². The van der Waals surface area contributed by atoms with Crippen molar-refractivity contribution in [2.75, 3.05) is 6.61 Å². The van der Waals surface area contributed by atoms with Crippen LogP contribution in [0.1, 0.15) is 23.6 Å². The number of ether oxygens (including phenoxy) is 1. The summed E-state index contributed by atoms with van der Waals surface area (Å²) in [5, 5.41) is 9.85. The zero-order chi connectivity index (χ0) is 23.5. The lowest BCUT2D eigenvalue weighted by Crippen LogP contribution is -2.39. The van der Waals surface area contributed by atoms with Crippen molar-refractivity contribution in [2.45, 2.75) is 32.5 Å². The number of benzene rings is 3. The van der Waals surface area contributed by atoms with E-state index in [1.165, 1.54) is 0 Å². The van der Waals surface area contributed by atoms with Crippen LogP contribution in [0.15, 0.2) is 115 Å². The standard InChI is InChI=1S/C29H31NO3/c1-3-19-33-28(23(2)29(31)32)27(20-24-13-7-4-8-14-24)30(21-25-15-9-5-10-16-25)22-26-17-11-6-12-18-26/h3-18,27H,1,19-22H2,2H3,(H,31,32)/b28-23+/t27-/m0/s1. The van der Waals surface area contributed by atoms with E-state index in [2.05, 4.69) is 47.9 Å². The average molecular weight is 442 g/mol. The molecule has 0 radical (unpaired) electrons. The number of rotatable bonds is 12. The number of carboxylic acid groups (broad SMARTS) is 1. The van der Waals surface area contributed by atoms with Crippen molar-refractivity contribution >= 4 is 5.97 Å². The van der Waals surface area contributed by atoms with Crippen molar-refractivity contribution in [3.05, 3.63) is 132 Å². The minimum Gasteiger partial charge on any atom is -0.492 e. The first-order valence-corrected chi connectivity index (χ1v) is 11.1. The van der Waals surface area contributed by atoms with Gasteiger partial charge in [-0.05, 0) is 30.0 Å².